The first kappa shape index (κ1) is 13.1. The number of ether oxygens (including phenoxy) is 1. The fourth-order valence-corrected chi connectivity index (χ4v) is 1.98. The van der Waals surface area contributed by atoms with Crippen molar-refractivity contribution in [3.63, 3.8) is 0 Å². The van der Waals surface area contributed by atoms with Crippen LogP contribution < -0.4 is 4.74 Å². The summed E-state index contributed by atoms with van der Waals surface area (Å²) in [5, 5.41) is 0. The Hall–Kier alpha value is -0.980. The molecule has 0 aliphatic rings. The Labute approximate surface area is 99.8 Å². The summed E-state index contributed by atoms with van der Waals surface area (Å²) in [6.07, 6.45) is 1.19. The van der Waals surface area contributed by atoms with Crippen molar-refractivity contribution in [2.75, 3.05) is 6.61 Å². The average Bonchev–Trinajstić information content (AvgIpc) is 2.14. The second kappa shape index (κ2) is 5.38. The van der Waals surface area contributed by atoms with Crippen molar-refractivity contribution in [2.24, 2.45) is 11.3 Å². The van der Waals surface area contributed by atoms with Crippen LogP contribution in [-0.2, 0) is 0 Å². The zero-order valence-electron chi connectivity index (χ0n) is 11.2. The molecule has 1 rings (SSSR count). The predicted octanol–water partition coefficient (Wildman–Crippen LogP) is 4.45. The van der Waals surface area contributed by atoms with Gasteiger partial charge in [-0.25, -0.2) is 0 Å². The summed E-state index contributed by atoms with van der Waals surface area (Å²) in [6, 6.07) is 8.26. The third kappa shape index (κ3) is 5.20. The van der Waals surface area contributed by atoms with Gasteiger partial charge in [-0.05, 0) is 36.8 Å². The molecule has 0 radical (unpaired) electrons. The number of rotatable bonds is 4. The first-order valence-corrected chi connectivity index (χ1v) is 6.06. The Morgan fingerprint density at radius 1 is 1.12 bits per heavy atom. The molecular weight excluding hydrogens is 196 g/mol. The minimum Gasteiger partial charge on any atom is -0.493 e. The van der Waals surface area contributed by atoms with Crippen molar-refractivity contribution in [3.8, 4) is 5.75 Å². The standard InChI is InChI=1S/C15H24O/c1-12-6-8-14(9-7-12)16-11-13(2)10-15(3,4)5/h6-9,13H,10-11H2,1-5H3/t13-/m0/s1. The summed E-state index contributed by atoms with van der Waals surface area (Å²) in [5.74, 6) is 1.58. The molecule has 0 spiro atoms. The summed E-state index contributed by atoms with van der Waals surface area (Å²) in [6.45, 7) is 12.0. The molecule has 0 saturated carbocycles. The Morgan fingerprint density at radius 3 is 2.19 bits per heavy atom. The van der Waals surface area contributed by atoms with Gasteiger partial charge in [0.15, 0.2) is 0 Å². The Kier molecular flexibility index (Phi) is 4.40. The van der Waals surface area contributed by atoms with Crippen molar-refractivity contribution in [1.82, 2.24) is 0 Å². The molecule has 0 heterocycles. The lowest BCUT2D eigenvalue weighted by Gasteiger charge is -2.23. The van der Waals surface area contributed by atoms with E-state index in [0.717, 1.165) is 12.4 Å². The molecule has 0 fully saturated rings. The van der Waals surface area contributed by atoms with Crippen LogP contribution in [0.2, 0.25) is 0 Å². The van der Waals surface area contributed by atoms with Crippen LogP contribution in [0.1, 0.15) is 39.7 Å². The monoisotopic (exact) mass is 220 g/mol. The predicted molar refractivity (Wildman–Crippen MR) is 69.9 cm³/mol. The number of aryl methyl sites for hydroxylation is 1. The lowest BCUT2D eigenvalue weighted by atomic mass is 9.86. The van der Waals surface area contributed by atoms with E-state index in [1.165, 1.54) is 12.0 Å². The molecule has 0 aromatic heterocycles. The molecule has 0 unspecified atom stereocenters. The quantitative estimate of drug-likeness (QED) is 0.728. The highest BCUT2D eigenvalue weighted by atomic mass is 16.5. The van der Waals surface area contributed by atoms with Crippen LogP contribution in [0.3, 0.4) is 0 Å². The van der Waals surface area contributed by atoms with Gasteiger partial charge in [0.1, 0.15) is 5.75 Å². The maximum atomic E-state index is 5.77. The SMILES string of the molecule is Cc1ccc(OC[C@@H](C)CC(C)(C)C)cc1. The minimum absolute atomic E-state index is 0.385. The maximum Gasteiger partial charge on any atom is 0.119 e. The fourth-order valence-electron chi connectivity index (χ4n) is 1.98. The van der Waals surface area contributed by atoms with Gasteiger partial charge in [-0.3, -0.25) is 0 Å². The van der Waals surface area contributed by atoms with Gasteiger partial charge in [0, 0.05) is 0 Å². The van der Waals surface area contributed by atoms with Gasteiger partial charge in [-0.2, -0.15) is 0 Å². The van der Waals surface area contributed by atoms with E-state index >= 15 is 0 Å². The van der Waals surface area contributed by atoms with Crippen molar-refractivity contribution in [1.29, 1.82) is 0 Å². The molecule has 1 heteroatoms. The highest BCUT2D eigenvalue weighted by Gasteiger charge is 2.15. The molecular formula is C15H24O. The Balaban J connectivity index is 2.37. The van der Waals surface area contributed by atoms with E-state index in [0.29, 0.717) is 11.3 Å². The highest BCUT2D eigenvalue weighted by Crippen LogP contribution is 2.24. The molecule has 0 amide bonds. The van der Waals surface area contributed by atoms with Gasteiger partial charge in [0.25, 0.3) is 0 Å². The van der Waals surface area contributed by atoms with Crippen LogP contribution in [0.15, 0.2) is 24.3 Å². The molecule has 1 aromatic carbocycles. The average molecular weight is 220 g/mol. The normalized spacial score (nSPS) is 13.6. The lowest BCUT2D eigenvalue weighted by Crippen LogP contribution is -2.16. The third-order valence-electron chi connectivity index (χ3n) is 2.52. The second-order valence-corrected chi connectivity index (χ2v) is 5.99. The fraction of sp³-hybridized carbons (Fsp3) is 0.600. The Morgan fingerprint density at radius 2 is 1.69 bits per heavy atom. The maximum absolute atomic E-state index is 5.77. The number of benzene rings is 1. The highest BCUT2D eigenvalue weighted by molar-refractivity contribution is 5.26. The number of hydrogen-bond acceptors (Lipinski definition) is 1. The number of hydrogen-bond donors (Lipinski definition) is 0. The van der Waals surface area contributed by atoms with Crippen molar-refractivity contribution < 1.29 is 4.74 Å². The van der Waals surface area contributed by atoms with Crippen molar-refractivity contribution >= 4 is 0 Å². The zero-order valence-corrected chi connectivity index (χ0v) is 11.2. The van der Waals surface area contributed by atoms with Crippen LogP contribution in [0.4, 0.5) is 0 Å². The topological polar surface area (TPSA) is 9.23 Å². The van der Waals surface area contributed by atoms with E-state index in [1.807, 2.05) is 12.1 Å². The van der Waals surface area contributed by atoms with E-state index in [4.69, 9.17) is 4.74 Å². The molecule has 1 atom stereocenters. The van der Waals surface area contributed by atoms with Gasteiger partial charge in [-0.15, -0.1) is 0 Å². The van der Waals surface area contributed by atoms with Crippen LogP contribution in [-0.4, -0.2) is 6.61 Å². The largest absolute Gasteiger partial charge is 0.493 e. The molecule has 1 aromatic rings. The molecule has 0 bridgehead atoms. The molecule has 90 valence electrons. The van der Waals surface area contributed by atoms with Crippen LogP contribution in [0.25, 0.3) is 0 Å². The lowest BCUT2D eigenvalue weighted by molar-refractivity contribution is 0.207. The smallest absolute Gasteiger partial charge is 0.119 e. The van der Waals surface area contributed by atoms with Gasteiger partial charge >= 0.3 is 0 Å². The van der Waals surface area contributed by atoms with Crippen LogP contribution in [0.5, 0.6) is 5.75 Å². The summed E-state index contributed by atoms with van der Waals surface area (Å²) >= 11 is 0. The first-order valence-electron chi connectivity index (χ1n) is 6.06. The van der Waals surface area contributed by atoms with E-state index in [-0.39, 0.29) is 0 Å². The molecule has 0 N–H and O–H groups in total. The van der Waals surface area contributed by atoms with Crippen LogP contribution in [0, 0.1) is 18.3 Å². The molecule has 0 aliphatic heterocycles. The van der Waals surface area contributed by atoms with E-state index in [9.17, 15) is 0 Å². The van der Waals surface area contributed by atoms with E-state index < -0.39 is 0 Å². The Bertz CT molecular complexity index is 305. The van der Waals surface area contributed by atoms with Gasteiger partial charge in [-0.1, -0.05) is 45.4 Å². The van der Waals surface area contributed by atoms with Gasteiger partial charge in [0.2, 0.25) is 0 Å². The second-order valence-electron chi connectivity index (χ2n) is 5.99. The van der Waals surface area contributed by atoms with Gasteiger partial charge in [0.05, 0.1) is 6.61 Å². The van der Waals surface area contributed by atoms with Gasteiger partial charge < -0.3 is 4.74 Å². The zero-order chi connectivity index (χ0) is 12.2. The van der Waals surface area contributed by atoms with E-state index in [1.54, 1.807) is 0 Å². The minimum atomic E-state index is 0.385. The molecule has 16 heavy (non-hydrogen) atoms. The summed E-state index contributed by atoms with van der Waals surface area (Å²) in [5.41, 5.74) is 1.66. The first-order chi connectivity index (χ1) is 7.37. The van der Waals surface area contributed by atoms with Crippen LogP contribution >= 0.6 is 0 Å². The van der Waals surface area contributed by atoms with Crippen molar-refractivity contribution in [3.05, 3.63) is 29.8 Å². The summed E-state index contributed by atoms with van der Waals surface area (Å²) in [7, 11) is 0. The third-order valence-corrected chi connectivity index (χ3v) is 2.52. The summed E-state index contributed by atoms with van der Waals surface area (Å²) in [4.78, 5) is 0. The molecule has 1 nitrogen and oxygen atoms in total. The molecule has 0 saturated heterocycles. The molecule has 0 aliphatic carbocycles. The van der Waals surface area contributed by atoms with E-state index in [2.05, 4.69) is 46.8 Å². The van der Waals surface area contributed by atoms with Crippen molar-refractivity contribution in [2.45, 2.75) is 41.0 Å². The summed E-state index contributed by atoms with van der Waals surface area (Å²) < 4.78 is 5.77.